The zero-order valence-corrected chi connectivity index (χ0v) is 13.6. The molecular formula is C18H14FN2O2S-. The smallest absolute Gasteiger partial charge is 0.188 e. The fourth-order valence-corrected chi connectivity index (χ4v) is 3.29. The summed E-state index contributed by atoms with van der Waals surface area (Å²) in [6, 6.07) is 15.3. The predicted octanol–water partition coefficient (Wildman–Crippen LogP) is 3.55. The third-order valence-electron chi connectivity index (χ3n) is 3.54. The normalized spacial score (nSPS) is 11.9. The Labute approximate surface area is 142 Å². The third-order valence-corrected chi connectivity index (χ3v) is 4.70. The first-order chi connectivity index (χ1) is 11.5. The van der Waals surface area contributed by atoms with Gasteiger partial charge < -0.3 is 15.2 Å². The number of aromatic nitrogens is 1. The number of carboxylic acids is 1. The van der Waals surface area contributed by atoms with Crippen LogP contribution in [0.4, 0.5) is 15.2 Å². The summed E-state index contributed by atoms with van der Waals surface area (Å²) in [6.45, 7) is 1.58. The van der Waals surface area contributed by atoms with Crippen molar-refractivity contribution in [1.82, 2.24) is 4.98 Å². The Morgan fingerprint density at radius 1 is 1.17 bits per heavy atom. The Kier molecular flexibility index (Phi) is 4.57. The van der Waals surface area contributed by atoms with Crippen molar-refractivity contribution in [1.29, 1.82) is 0 Å². The van der Waals surface area contributed by atoms with E-state index < -0.39 is 11.9 Å². The zero-order valence-electron chi connectivity index (χ0n) is 12.8. The van der Waals surface area contributed by atoms with Gasteiger partial charge in [0.25, 0.3) is 0 Å². The van der Waals surface area contributed by atoms with E-state index in [0.29, 0.717) is 21.4 Å². The number of carbonyl (C=O) groups excluding carboxylic acids is 1. The maximum absolute atomic E-state index is 13.0. The van der Waals surface area contributed by atoms with Crippen LogP contribution in [0.5, 0.6) is 0 Å². The highest BCUT2D eigenvalue weighted by molar-refractivity contribution is 7.16. The maximum Gasteiger partial charge on any atom is 0.188 e. The third kappa shape index (κ3) is 3.44. The number of halogens is 1. The Hall–Kier alpha value is -2.73. The van der Waals surface area contributed by atoms with Gasteiger partial charge in [0.2, 0.25) is 0 Å². The molecule has 0 radical (unpaired) electrons. The van der Waals surface area contributed by atoms with Crippen LogP contribution >= 0.6 is 11.3 Å². The molecule has 0 aliphatic rings. The number of nitrogens with one attached hydrogen (secondary N) is 1. The minimum atomic E-state index is -1.15. The summed E-state index contributed by atoms with van der Waals surface area (Å²) in [4.78, 5) is 16.4. The first-order valence-corrected chi connectivity index (χ1v) is 8.16. The number of nitrogens with zero attached hydrogens (tertiary/aromatic N) is 1. The number of anilines is 2. The van der Waals surface area contributed by atoms with Crippen LogP contribution in [-0.4, -0.2) is 11.0 Å². The van der Waals surface area contributed by atoms with E-state index in [0.717, 1.165) is 5.56 Å². The topological polar surface area (TPSA) is 65.0 Å². The predicted molar refractivity (Wildman–Crippen MR) is 90.7 cm³/mol. The molecule has 0 aliphatic heterocycles. The van der Waals surface area contributed by atoms with Crippen molar-refractivity contribution >= 4 is 28.1 Å². The van der Waals surface area contributed by atoms with Gasteiger partial charge in [-0.1, -0.05) is 37.3 Å². The van der Waals surface area contributed by atoms with Crippen LogP contribution in [0, 0.1) is 5.82 Å². The van der Waals surface area contributed by atoms with E-state index in [1.807, 2.05) is 30.3 Å². The average Bonchev–Trinajstić information content (AvgIpc) is 3.00. The number of aliphatic carboxylic acids is 1. The van der Waals surface area contributed by atoms with Crippen molar-refractivity contribution in [2.75, 3.05) is 5.32 Å². The number of carboxylic acid groups (broad SMARTS) is 1. The molecule has 24 heavy (non-hydrogen) atoms. The van der Waals surface area contributed by atoms with E-state index in [-0.39, 0.29) is 5.82 Å². The van der Waals surface area contributed by atoms with Gasteiger partial charge >= 0.3 is 0 Å². The maximum atomic E-state index is 13.0. The van der Waals surface area contributed by atoms with Crippen molar-refractivity contribution < 1.29 is 14.3 Å². The molecular weight excluding hydrogens is 327 g/mol. The fraction of sp³-hybridized carbons (Fsp3) is 0.111. The number of hydrogen-bond acceptors (Lipinski definition) is 5. The van der Waals surface area contributed by atoms with Crippen molar-refractivity contribution in [3.63, 3.8) is 0 Å². The van der Waals surface area contributed by atoms with Gasteiger partial charge in [-0.15, -0.1) is 11.3 Å². The number of thiazole rings is 1. The lowest BCUT2D eigenvalue weighted by Crippen LogP contribution is -2.27. The molecule has 122 valence electrons. The van der Waals surface area contributed by atoms with Crippen LogP contribution in [0.3, 0.4) is 0 Å². The second kappa shape index (κ2) is 6.80. The van der Waals surface area contributed by atoms with Gasteiger partial charge in [0, 0.05) is 28.0 Å². The molecule has 3 aromatic rings. The molecule has 0 spiro atoms. The van der Waals surface area contributed by atoms with Crippen molar-refractivity contribution in [2.24, 2.45) is 0 Å². The van der Waals surface area contributed by atoms with Gasteiger partial charge in [-0.05, 0) is 24.3 Å². The number of benzene rings is 2. The quantitative estimate of drug-likeness (QED) is 0.771. The molecule has 1 N–H and O–H groups in total. The summed E-state index contributed by atoms with van der Waals surface area (Å²) >= 11 is 1.25. The van der Waals surface area contributed by atoms with Crippen molar-refractivity contribution in [3.8, 4) is 11.3 Å². The van der Waals surface area contributed by atoms with E-state index in [1.165, 1.54) is 23.5 Å². The fourth-order valence-electron chi connectivity index (χ4n) is 2.25. The van der Waals surface area contributed by atoms with Crippen LogP contribution in [0.15, 0.2) is 54.6 Å². The molecule has 4 nitrogen and oxygen atoms in total. The average molecular weight is 341 g/mol. The molecule has 0 amide bonds. The Bertz CT molecular complexity index is 847. The van der Waals surface area contributed by atoms with Crippen LogP contribution in [0.1, 0.15) is 17.7 Å². The molecule has 6 heteroatoms. The summed E-state index contributed by atoms with van der Waals surface area (Å²) in [6.07, 6.45) is 0. The minimum Gasteiger partial charge on any atom is -0.549 e. The van der Waals surface area contributed by atoms with Gasteiger partial charge in [-0.3, -0.25) is 0 Å². The summed E-state index contributed by atoms with van der Waals surface area (Å²) in [7, 11) is 0. The lowest BCUT2D eigenvalue weighted by Gasteiger charge is -2.11. The molecule has 3 rings (SSSR count). The molecule has 1 aromatic heterocycles. The van der Waals surface area contributed by atoms with Crippen LogP contribution in [-0.2, 0) is 4.79 Å². The molecule has 0 fully saturated rings. The first-order valence-electron chi connectivity index (χ1n) is 7.34. The number of carbonyl (C=O) groups is 1. The zero-order chi connectivity index (χ0) is 17.1. The van der Waals surface area contributed by atoms with Crippen LogP contribution in [0.25, 0.3) is 11.3 Å². The summed E-state index contributed by atoms with van der Waals surface area (Å²) in [5.41, 5.74) is 2.13. The summed E-state index contributed by atoms with van der Waals surface area (Å²) in [5, 5.41) is 14.9. The van der Waals surface area contributed by atoms with Crippen molar-refractivity contribution in [2.45, 2.75) is 12.8 Å². The highest BCUT2D eigenvalue weighted by Gasteiger charge is 2.19. The van der Waals surface area contributed by atoms with Gasteiger partial charge in [0.15, 0.2) is 5.13 Å². The molecule has 1 unspecified atom stereocenters. The largest absolute Gasteiger partial charge is 0.549 e. The molecule has 0 saturated heterocycles. The van der Waals surface area contributed by atoms with Crippen molar-refractivity contribution in [3.05, 3.63) is 65.3 Å². The highest BCUT2D eigenvalue weighted by Crippen LogP contribution is 2.37. The summed E-state index contributed by atoms with van der Waals surface area (Å²) < 4.78 is 13.0. The molecule has 0 saturated carbocycles. The van der Waals surface area contributed by atoms with Gasteiger partial charge in [0.1, 0.15) is 5.82 Å². The monoisotopic (exact) mass is 341 g/mol. The minimum absolute atomic E-state index is 0.323. The van der Waals surface area contributed by atoms with Crippen LogP contribution < -0.4 is 10.4 Å². The van der Waals surface area contributed by atoms with Gasteiger partial charge in [-0.25, -0.2) is 9.37 Å². The van der Waals surface area contributed by atoms with E-state index in [9.17, 15) is 14.3 Å². The molecule has 0 bridgehead atoms. The van der Waals surface area contributed by atoms with E-state index >= 15 is 0 Å². The second-order valence-corrected chi connectivity index (χ2v) is 6.30. The van der Waals surface area contributed by atoms with Gasteiger partial charge in [0.05, 0.1) is 5.69 Å². The van der Waals surface area contributed by atoms with Crippen LogP contribution in [0.2, 0.25) is 0 Å². The SMILES string of the molecule is CC(C(=O)[O-])c1sc(Nc2ccc(F)cc2)nc1-c1ccccc1. The molecule has 2 aromatic carbocycles. The molecule has 1 heterocycles. The second-order valence-electron chi connectivity index (χ2n) is 5.27. The number of rotatable bonds is 5. The first kappa shape index (κ1) is 16.1. The number of hydrogen-bond donors (Lipinski definition) is 1. The Morgan fingerprint density at radius 2 is 1.83 bits per heavy atom. The summed E-state index contributed by atoms with van der Waals surface area (Å²) in [5.74, 6) is -2.25. The van der Waals surface area contributed by atoms with E-state index in [2.05, 4.69) is 10.3 Å². The molecule has 0 aliphatic carbocycles. The lowest BCUT2D eigenvalue weighted by atomic mass is 10.0. The standard InChI is InChI=1S/C18H15FN2O2S/c1-11(17(22)23)16-15(12-5-3-2-4-6-12)21-18(24-16)20-14-9-7-13(19)8-10-14/h2-11H,1H3,(H,20,21)(H,22,23)/p-1. The molecule has 1 atom stereocenters. The van der Waals surface area contributed by atoms with E-state index in [4.69, 9.17) is 0 Å². The Morgan fingerprint density at radius 3 is 2.46 bits per heavy atom. The van der Waals surface area contributed by atoms with Gasteiger partial charge in [-0.2, -0.15) is 0 Å². The Balaban J connectivity index is 1.99. The lowest BCUT2D eigenvalue weighted by molar-refractivity contribution is -0.307. The van der Waals surface area contributed by atoms with E-state index in [1.54, 1.807) is 19.1 Å². The highest BCUT2D eigenvalue weighted by atomic mass is 32.1.